The molecule has 8 heteroatoms. The highest BCUT2D eigenvalue weighted by Crippen LogP contribution is 2.21. The van der Waals surface area contributed by atoms with Crippen molar-refractivity contribution >= 4 is 23.1 Å². The van der Waals surface area contributed by atoms with Crippen LogP contribution in [0.3, 0.4) is 0 Å². The summed E-state index contributed by atoms with van der Waals surface area (Å²) in [7, 11) is 4.23. The molecule has 2 aliphatic rings. The molecule has 2 aromatic rings. The predicted octanol–water partition coefficient (Wildman–Crippen LogP) is 1.36. The summed E-state index contributed by atoms with van der Waals surface area (Å²) in [4.78, 5) is 30.1. The van der Waals surface area contributed by atoms with E-state index in [0.29, 0.717) is 11.5 Å². The van der Waals surface area contributed by atoms with Crippen molar-refractivity contribution in [2.75, 3.05) is 76.7 Å². The number of amides is 1. The van der Waals surface area contributed by atoms with E-state index >= 15 is 0 Å². The number of anilines is 3. The Labute approximate surface area is 172 Å². The summed E-state index contributed by atoms with van der Waals surface area (Å²) in [6.07, 6.45) is 3.18. The number of hydrogen-bond acceptors (Lipinski definition) is 7. The van der Waals surface area contributed by atoms with E-state index in [1.807, 2.05) is 4.90 Å². The highest BCUT2D eigenvalue weighted by Gasteiger charge is 2.21. The van der Waals surface area contributed by atoms with Gasteiger partial charge in [-0.25, -0.2) is 9.97 Å². The maximum atomic E-state index is 12.6. The molecular weight excluding hydrogens is 366 g/mol. The summed E-state index contributed by atoms with van der Waals surface area (Å²) in [5.74, 6) is 0.584. The number of carbonyl (C=O) groups excluding carboxylic acids is 1. The van der Waals surface area contributed by atoms with Crippen molar-refractivity contribution in [3.05, 3.63) is 42.4 Å². The SMILES string of the molecule is CN1CCN(C(=O)c2cnc(Nc3ccc(N4CCN(C)CC4)cc3)cn2)CC1. The lowest BCUT2D eigenvalue weighted by Crippen LogP contribution is -2.47. The molecule has 0 bridgehead atoms. The number of nitrogens with zero attached hydrogens (tertiary/aromatic N) is 6. The molecule has 8 nitrogen and oxygen atoms in total. The fourth-order valence-electron chi connectivity index (χ4n) is 3.64. The van der Waals surface area contributed by atoms with Gasteiger partial charge in [0.15, 0.2) is 0 Å². The molecule has 154 valence electrons. The molecule has 2 aliphatic heterocycles. The van der Waals surface area contributed by atoms with Gasteiger partial charge in [-0.15, -0.1) is 0 Å². The van der Waals surface area contributed by atoms with Gasteiger partial charge in [0.1, 0.15) is 11.5 Å². The highest BCUT2D eigenvalue weighted by molar-refractivity contribution is 5.92. The Kier molecular flexibility index (Phi) is 5.92. The normalized spacial score (nSPS) is 18.7. The Morgan fingerprint density at radius 1 is 0.828 bits per heavy atom. The van der Waals surface area contributed by atoms with Crippen molar-refractivity contribution in [1.82, 2.24) is 24.7 Å². The first-order valence-electron chi connectivity index (χ1n) is 10.2. The summed E-state index contributed by atoms with van der Waals surface area (Å²) >= 11 is 0. The van der Waals surface area contributed by atoms with Gasteiger partial charge in [-0.2, -0.15) is 0 Å². The largest absolute Gasteiger partial charge is 0.369 e. The van der Waals surface area contributed by atoms with Gasteiger partial charge in [0.2, 0.25) is 0 Å². The van der Waals surface area contributed by atoms with E-state index in [1.165, 1.54) is 5.69 Å². The minimum absolute atomic E-state index is 0.0475. The molecule has 1 aromatic carbocycles. The molecule has 1 amide bonds. The fourth-order valence-corrected chi connectivity index (χ4v) is 3.64. The minimum Gasteiger partial charge on any atom is -0.369 e. The zero-order valence-corrected chi connectivity index (χ0v) is 17.2. The molecule has 4 rings (SSSR count). The van der Waals surface area contributed by atoms with Crippen LogP contribution in [-0.2, 0) is 0 Å². The van der Waals surface area contributed by atoms with Crippen LogP contribution < -0.4 is 10.2 Å². The summed E-state index contributed by atoms with van der Waals surface area (Å²) in [5, 5.41) is 3.26. The zero-order valence-electron chi connectivity index (χ0n) is 17.2. The molecule has 0 saturated carbocycles. The Bertz CT molecular complexity index is 808. The van der Waals surface area contributed by atoms with E-state index < -0.39 is 0 Å². The number of rotatable bonds is 4. The van der Waals surface area contributed by atoms with Gasteiger partial charge in [0, 0.05) is 63.7 Å². The molecule has 0 spiro atoms. The minimum atomic E-state index is -0.0475. The number of likely N-dealkylation sites (N-methyl/N-ethyl adjacent to an activating group) is 2. The van der Waals surface area contributed by atoms with Crippen molar-refractivity contribution in [2.45, 2.75) is 0 Å². The first-order chi connectivity index (χ1) is 14.1. The van der Waals surface area contributed by atoms with Crippen LogP contribution in [0.2, 0.25) is 0 Å². The molecule has 3 heterocycles. The second kappa shape index (κ2) is 8.75. The van der Waals surface area contributed by atoms with Crippen molar-refractivity contribution in [2.24, 2.45) is 0 Å². The Balaban J connectivity index is 1.34. The lowest BCUT2D eigenvalue weighted by Gasteiger charge is -2.34. The Hall–Kier alpha value is -2.71. The van der Waals surface area contributed by atoms with E-state index in [4.69, 9.17) is 0 Å². The third-order valence-corrected chi connectivity index (χ3v) is 5.67. The summed E-state index contributed by atoms with van der Waals surface area (Å²) in [5.41, 5.74) is 2.59. The second-order valence-electron chi connectivity index (χ2n) is 7.84. The second-order valence-corrected chi connectivity index (χ2v) is 7.84. The molecule has 0 radical (unpaired) electrons. The molecular formula is C21H29N7O. The van der Waals surface area contributed by atoms with Crippen LogP contribution in [0.15, 0.2) is 36.7 Å². The van der Waals surface area contributed by atoms with Crippen LogP contribution >= 0.6 is 0 Å². The predicted molar refractivity (Wildman–Crippen MR) is 115 cm³/mol. The number of carbonyl (C=O) groups is 1. The lowest BCUT2D eigenvalue weighted by molar-refractivity contribution is 0.0658. The topological polar surface area (TPSA) is 67.8 Å². The van der Waals surface area contributed by atoms with Crippen molar-refractivity contribution in [3.63, 3.8) is 0 Å². The summed E-state index contributed by atoms with van der Waals surface area (Å²) in [6, 6.07) is 8.37. The van der Waals surface area contributed by atoms with Gasteiger partial charge in [0.25, 0.3) is 5.91 Å². The summed E-state index contributed by atoms with van der Waals surface area (Å²) in [6.45, 7) is 7.54. The fraction of sp³-hybridized carbons (Fsp3) is 0.476. The van der Waals surface area contributed by atoms with Crippen molar-refractivity contribution in [3.8, 4) is 0 Å². The van der Waals surface area contributed by atoms with Crippen molar-refractivity contribution < 1.29 is 4.79 Å². The van der Waals surface area contributed by atoms with E-state index in [2.05, 4.69) is 68.3 Å². The van der Waals surface area contributed by atoms with Gasteiger partial charge < -0.3 is 24.9 Å². The lowest BCUT2D eigenvalue weighted by atomic mass is 10.2. The number of hydrogen-bond donors (Lipinski definition) is 1. The van der Waals surface area contributed by atoms with E-state index in [9.17, 15) is 4.79 Å². The third-order valence-electron chi connectivity index (χ3n) is 5.67. The number of aromatic nitrogens is 2. The van der Waals surface area contributed by atoms with Gasteiger partial charge >= 0.3 is 0 Å². The van der Waals surface area contributed by atoms with E-state index in [1.54, 1.807) is 12.4 Å². The first-order valence-corrected chi connectivity index (χ1v) is 10.2. The number of piperazine rings is 2. The molecule has 1 N–H and O–H groups in total. The van der Waals surface area contributed by atoms with Crippen LogP contribution in [0.1, 0.15) is 10.5 Å². The van der Waals surface area contributed by atoms with Crippen molar-refractivity contribution in [1.29, 1.82) is 0 Å². The quantitative estimate of drug-likeness (QED) is 0.838. The molecule has 0 atom stereocenters. The van der Waals surface area contributed by atoms with Crippen LogP contribution in [0.25, 0.3) is 0 Å². The van der Waals surface area contributed by atoms with Crippen LogP contribution in [-0.4, -0.2) is 97.0 Å². The molecule has 0 unspecified atom stereocenters. The van der Waals surface area contributed by atoms with Crippen LogP contribution in [0.5, 0.6) is 0 Å². The maximum Gasteiger partial charge on any atom is 0.274 e. The average Bonchev–Trinajstić information content (AvgIpc) is 2.76. The molecule has 0 aliphatic carbocycles. The van der Waals surface area contributed by atoms with E-state index in [0.717, 1.165) is 58.0 Å². The van der Waals surface area contributed by atoms with Gasteiger partial charge in [-0.1, -0.05) is 0 Å². The van der Waals surface area contributed by atoms with Crippen LogP contribution in [0.4, 0.5) is 17.2 Å². The molecule has 2 fully saturated rings. The standard InChI is InChI=1S/C21H29N7O/c1-25-7-11-27(12-8-25)18-5-3-17(4-6-18)24-20-16-22-19(15-23-20)21(29)28-13-9-26(2)10-14-28/h3-6,15-16H,7-14H2,1-2H3,(H,23,24). The Morgan fingerprint density at radius 3 is 2.03 bits per heavy atom. The third kappa shape index (κ3) is 4.83. The van der Waals surface area contributed by atoms with Gasteiger partial charge in [-0.3, -0.25) is 4.79 Å². The van der Waals surface area contributed by atoms with E-state index in [-0.39, 0.29) is 5.91 Å². The van der Waals surface area contributed by atoms with Gasteiger partial charge in [-0.05, 0) is 38.4 Å². The van der Waals surface area contributed by atoms with Gasteiger partial charge in [0.05, 0.1) is 12.4 Å². The molecule has 1 aromatic heterocycles. The first kappa shape index (κ1) is 19.6. The smallest absolute Gasteiger partial charge is 0.274 e. The molecule has 2 saturated heterocycles. The zero-order chi connectivity index (χ0) is 20.2. The monoisotopic (exact) mass is 395 g/mol. The highest BCUT2D eigenvalue weighted by atomic mass is 16.2. The number of nitrogens with one attached hydrogen (secondary N) is 1. The Morgan fingerprint density at radius 2 is 1.45 bits per heavy atom. The van der Waals surface area contributed by atoms with Crippen LogP contribution in [0, 0.1) is 0 Å². The average molecular weight is 396 g/mol. The number of benzene rings is 1. The molecule has 29 heavy (non-hydrogen) atoms. The summed E-state index contributed by atoms with van der Waals surface area (Å²) < 4.78 is 0. The maximum absolute atomic E-state index is 12.6.